The zero-order valence-electron chi connectivity index (χ0n) is 18.9. The number of carbonyl (C=O) groups excluding carboxylic acids is 1. The minimum absolute atomic E-state index is 0.141. The van der Waals surface area contributed by atoms with Crippen molar-refractivity contribution in [3.63, 3.8) is 0 Å². The van der Waals surface area contributed by atoms with Gasteiger partial charge in [0, 0.05) is 43.0 Å². The number of aromatic nitrogens is 2. The second-order valence-electron chi connectivity index (χ2n) is 9.34. The molecule has 5 nitrogen and oxygen atoms in total. The van der Waals surface area contributed by atoms with Crippen LogP contribution >= 0.6 is 0 Å². The summed E-state index contributed by atoms with van der Waals surface area (Å²) in [6.45, 7) is 6.26. The van der Waals surface area contributed by atoms with Crippen LogP contribution in [0.2, 0.25) is 0 Å². The molecule has 2 aliphatic heterocycles. The van der Waals surface area contributed by atoms with Crippen LogP contribution in [0.3, 0.4) is 0 Å². The molecule has 5 rings (SSSR count). The van der Waals surface area contributed by atoms with Gasteiger partial charge >= 0.3 is 0 Å². The van der Waals surface area contributed by atoms with Crippen molar-refractivity contribution >= 4 is 11.6 Å². The molecular formula is C27H32N4O. The van der Waals surface area contributed by atoms with E-state index in [1.165, 1.54) is 31.4 Å². The third kappa shape index (κ3) is 4.43. The van der Waals surface area contributed by atoms with Crippen LogP contribution in [0, 0.1) is 5.92 Å². The molecule has 2 fully saturated rings. The molecule has 1 N–H and O–H groups in total. The van der Waals surface area contributed by atoms with Crippen LogP contribution in [0.4, 0.5) is 5.69 Å². The van der Waals surface area contributed by atoms with E-state index >= 15 is 0 Å². The fourth-order valence-electron chi connectivity index (χ4n) is 4.96. The highest BCUT2D eigenvalue weighted by atomic mass is 16.2. The zero-order valence-corrected chi connectivity index (χ0v) is 18.9. The normalized spacial score (nSPS) is 19.2. The molecular weight excluding hydrogens is 396 g/mol. The first-order chi connectivity index (χ1) is 15.7. The minimum Gasteiger partial charge on any atom is -0.372 e. The summed E-state index contributed by atoms with van der Waals surface area (Å²) < 4.78 is 0. The number of rotatable bonds is 4. The van der Waals surface area contributed by atoms with Gasteiger partial charge in [0.05, 0.1) is 11.4 Å². The van der Waals surface area contributed by atoms with E-state index in [0.717, 1.165) is 60.7 Å². The molecule has 32 heavy (non-hydrogen) atoms. The molecule has 1 atom stereocenters. The average Bonchev–Trinajstić information content (AvgIpc) is 3.35. The van der Waals surface area contributed by atoms with Gasteiger partial charge in [-0.2, -0.15) is 5.10 Å². The molecule has 3 heterocycles. The van der Waals surface area contributed by atoms with Crippen LogP contribution in [0.25, 0.3) is 22.5 Å². The predicted molar refractivity (Wildman–Crippen MR) is 130 cm³/mol. The smallest absolute Gasteiger partial charge is 0.253 e. The molecule has 0 aliphatic carbocycles. The molecule has 2 aliphatic rings. The number of carbonyl (C=O) groups is 1. The van der Waals surface area contributed by atoms with Gasteiger partial charge in [0.1, 0.15) is 0 Å². The number of amides is 1. The van der Waals surface area contributed by atoms with E-state index in [4.69, 9.17) is 0 Å². The Balaban J connectivity index is 1.27. The molecule has 1 aromatic heterocycles. The van der Waals surface area contributed by atoms with Gasteiger partial charge in [-0.3, -0.25) is 9.89 Å². The van der Waals surface area contributed by atoms with Gasteiger partial charge in [-0.15, -0.1) is 0 Å². The van der Waals surface area contributed by atoms with Gasteiger partial charge in [-0.05, 0) is 73.9 Å². The van der Waals surface area contributed by atoms with Crippen LogP contribution in [-0.2, 0) is 0 Å². The van der Waals surface area contributed by atoms with Gasteiger partial charge in [-0.1, -0.05) is 31.2 Å². The third-order valence-corrected chi connectivity index (χ3v) is 6.85. The summed E-state index contributed by atoms with van der Waals surface area (Å²) >= 11 is 0. The van der Waals surface area contributed by atoms with Crippen molar-refractivity contribution in [1.29, 1.82) is 0 Å². The van der Waals surface area contributed by atoms with Gasteiger partial charge in [-0.25, -0.2) is 0 Å². The first-order valence-corrected chi connectivity index (χ1v) is 12.0. The zero-order chi connectivity index (χ0) is 21.9. The minimum atomic E-state index is 0.141. The molecule has 0 spiro atoms. The lowest BCUT2D eigenvalue weighted by molar-refractivity contribution is 0.0683. The molecule has 2 saturated heterocycles. The number of anilines is 1. The molecule has 1 amide bonds. The monoisotopic (exact) mass is 428 g/mol. The number of benzene rings is 2. The van der Waals surface area contributed by atoms with Crippen LogP contribution in [0.1, 0.15) is 49.4 Å². The number of hydrogen-bond acceptors (Lipinski definition) is 3. The van der Waals surface area contributed by atoms with Crippen molar-refractivity contribution in [2.75, 3.05) is 31.1 Å². The van der Waals surface area contributed by atoms with Gasteiger partial charge in [0.25, 0.3) is 5.91 Å². The molecule has 1 unspecified atom stereocenters. The van der Waals surface area contributed by atoms with Crippen LogP contribution in [0.5, 0.6) is 0 Å². The second-order valence-corrected chi connectivity index (χ2v) is 9.34. The van der Waals surface area contributed by atoms with Crippen LogP contribution in [0.15, 0.2) is 54.6 Å². The van der Waals surface area contributed by atoms with Crippen LogP contribution in [-0.4, -0.2) is 47.2 Å². The standard InChI is InChI=1S/C27H32N4O/c1-20-6-5-17-31(19-20)27(32)23-9-7-21(8-10-23)25-18-26(29-28-25)22-11-13-24(14-12-22)30-15-3-2-4-16-30/h7-14,18,20H,2-6,15-17,19H2,1H3,(H,28,29). The summed E-state index contributed by atoms with van der Waals surface area (Å²) in [5.41, 5.74) is 6.11. The summed E-state index contributed by atoms with van der Waals surface area (Å²) in [6, 6.07) is 18.7. The topological polar surface area (TPSA) is 52.2 Å². The molecule has 166 valence electrons. The van der Waals surface area contributed by atoms with Gasteiger partial charge in [0.2, 0.25) is 0 Å². The molecule has 2 aromatic carbocycles. The third-order valence-electron chi connectivity index (χ3n) is 6.85. The Hall–Kier alpha value is -3.08. The number of hydrogen-bond donors (Lipinski definition) is 1. The lowest BCUT2D eigenvalue weighted by Crippen LogP contribution is -2.39. The number of likely N-dealkylation sites (tertiary alicyclic amines) is 1. The Labute approximate surface area is 190 Å². The fourth-order valence-corrected chi connectivity index (χ4v) is 4.96. The summed E-state index contributed by atoms with van der Waals surface area (Å²) in [5, 5.41) is 7.69. The molecule has 0 radical (unpaired) electrons. The second kappa shape index (κ2) is 9.19. The summed E-state index contributed by atoms with van der Waals surface area (Å²) in [5.74, 6) is 0.728. The maximum absolute atomic E-state index is 12.8. The molecule has 0 saturated carbocycles. The van der Waals surface area contributed by atoms with E-state index in [1.54, 1.807) is 0 Å². The molecule has 5 heteroatoms. The lowest BCUT2D eigenvalue weighted by atomic mass is 9.99. The van der Waals surface area contributed by atoms with Gasteiger partial charge < -0.3 is 9.80 Å². The number of nitrogens with zero attached hydrogens (tertiary/aromatic N) is 3. The number of aromatic amines is 1. The quantitative estimate of drug-likeness (QED) is 0.588. The highest BCUT2D eigenvalue weighted by molar-refractivity contribution is 5.94. The maximum atomic E-state index is 12.8. The average molecular weight is 429 g/mol. The Morgan fingerprint density at radius 3 is 2.34 bits per heavy atom. The van der Waals surface area contributed by atoms with Crippen molar-refractivity contribution in [3.8, 4) is 22.5 Å². The van der Waals surface area contributed by atoms with E-state index < -0.39 is 0 Å². The van der Waals surface area contributed by atoms with Crippen molar-refractivity contribution in [3.05, 3.63) is 60.2 Å². The van der Waals surface area contributed by atoms with Crippen molar-refractivity contribution in [1.82, 2.24) is 15.1 Å². The molecule has 3 aromatic rings. The highest BCUT2D eigenvalue weighted by Crippen LogP contribution is 2.27. The molecule has 0 bridgehead atoms. The SMILES string of the molecule is CC1CCCN(C(=O)c2ccc(-c3cc(-c4ccc(N5CCCCC5)cc4)n[nH]3)cc2)C1. The first kappa shape index (κ1) is 20.8. The van der Waals surface area contributed by atoms with Gasteiger partial charge in [0.15, 0.2) is 0 Å². The van der Waals surface area contributed by atoms with Crippen molar-refractivity contribution < 1.29 is 4.79 Å². The first-order valence-electron chi connectivity index (χ1n) is 12.0. The Bertz CT molecular complexity index is 1050. The Kier molecular flexibility index (Phi) is 5.97. The largest absolute Gasteiger partial charge is 0.372 e. The Morgan fingerprint density at radius 1 is 0.906 bits per heavy atom. The van der Waals surface area contributed by atoms with E-state index in [2.05, 4.69) is 52.4 Å². The summed E-state index contributed by atoms with van der Waals surface area (Å²) in [7, 11) is 0. The maximum Gasteiger partial charge on any atom is 0.253 e. The summed E-state index contributed by atoms with van der Waals surface area (Å²) in [6.07, 6.45) is 6.22. The number of nitrogens with one attached hydrogen (secondary N) is 1. The van der Waals surface area contributed by atoms with E-state index in [0.29, 0.717) is 5.92 Å². The van der Waals surface area contributed by atoms with Crippen molar-refractivity contribution in [2.45, 2.75) is 39.0 Å². The van der Waals surface area contributed by atoms with Crippen molar-refractivity contribution in [2.24, 2.45) is 5.92 Å². The summed E-state index contributed by atoms with van der Waals surface area (Å²) in [4.78, 5) is 17.3. The van der Waals surface area contributed by atoms with E-state index in [1.807, 2.05) is 29.2 Å². The van der Waals surface area contributed by atoms with Crippen LogP contribution < -0.4 is 4.90 Å². The number of H-pyrrole nitrogens is 1. The fraction of sp³-hybridized carbons (Fsp3) is 0.407. The Morgan fingerprint density at radius 2 is 1.62 bits per heavy atom. The predicted octanol–water partition coefficient (Wildman–Crippen LogP) is 5.61. The lowest BCUT2D eigenvalue weighted by Gasteiger charge is -2.31. The highest BCUT2D eigenvalue weighted by Gasteiger charge is 2.22. The van der Waals surface area contributed by atoms with E-state index in [9.17, 15) is 4.79 Å². The number of piperidine rings is 2. The van der Waals surface area contributed by atoms with E-state index in [-0.39, 0.29) is 5.91 Å².